The highest BCUT2D eigenvalue weighted by Gasteiger charge is 2.11. The van der Waals surface area contributed by atoms with Crippen LogP contribution in [0.25, 0.3) is 11.1 Å². The molecule has 108 valence electrons. The van der Waals surface area contributed by atoms with Gasteiger partial charge in [-0.3, -0.25) is 0 Å². The summed E-state index contributed by atoms with van der Waals surface area (Å²) < 4.78 is 5.47. The number of hydrogen-bond donors (Lipinski definition) is 2. The summed E-state index contributed by atoms with van der Waals surface area (Å²) >= 11 is 0. The van der Waals surface area contributed by atoms with Gasteiger partial charge in [-0.2, -0.15) is 0 Å². The Morgan fingerprint density at radius 1 is 1.30 bits per heavy atom. The van der Waals surface area contributed by atoms with Crippen molar-refractivity contribution in [2.75, 3.05) is 6.54 Å². The number of benzene rings is 1. The number of oxazole rings is 1. The summed E-state index contributed by atoms with van der Waals surface area (Å²) in [6.45, 7) is 9.15. The number of aromatic nitrogens is 1. The Kier molecular flexibility index (Phi) is 3.97. The van der Waals surface area contributed by atoms with Crippen molar-refractivity contribution in [1.82, 2.24) is 15.6 Å². The molecule has 0 aliphatic carbocycles. The fraction of sp³-hybridized carbons (Fsp3) is 0.467. The lowest BCUT2D eigenvalue weighted by atomic mass is 9.97. The van der Waals surface area contributed by atoms with E-state index < -0.39 is 0 Å². The average Bonchev–Trinajstić information content (AvgIpc) is 2.72. The zero-order chi connectivity index (χ0) is 14.8. The molecule has 0 aliphatic rings. The minimum atomic E-state index is -0.159. The van der Waals surface area contributed by atoms with Crippen LogP contribution in [0.2, 0.25) is 0 Å². The number of amides is 2. The summed E-state index contributed by atoms with van der Waals surface area (Å²) in [4.78, 5) is 15.9. The van der Waals surface area contributed by atoms with Crippen molar-refractivity contribution >= 4 is 17.1 Å². The first-order valence-electron chi connectivity index (χ1n) is 6.71. The third-order valence-corrected chi connectivity index (χ3v) is 2.79. The highest BCUT2D eigenvalue weighted by molar-refractivity contribution is 5.75. The van der Waals surface area contributed by atoms with Crippen LogP contribution in [0.1, 0.15) is 32.2 Å². The monoisotopic (exact) mass is 275 g/mol. The summed E-state index contributed by atoms with van der Waals surface area (Å²) in [6, 6.07) is 5.58. The van der Waals surface area contributed by atoms with E-state index in [9.17, 15) is 4.79 Å². The lowest BCUT2D eigenvalue weighted by Gasteiger charge is -2.18. The smallest absolute Gasteiger partial charge is 0.315 e. The standard InChI is InChI=1S/C15H21N3O2/c1-10-18-12-6-5-11(7-13(12)20-10)8-16-14(19)17-9-15(2,3)4/h5-7H,8-9H2,1-4H3,(H2,16,17,19). The van der Waals surface area contributed by atoms with Gasteiger partial charge in [-0.05, 0) is 23.1 Å². The number of urea groups is 1. The van der Waals surface area contributed by atoms with Gasteiger partial charge >= 0.3 is 6.03 Å². The lowest BCUT2D eigenvalue weighted by molar-refractivity contribution is 0.235. The summed E-state index contributed by atoms with van der Waals surface area (Å²) in [5, 5.41) is 5.68. The molecule has 2 rings (SSSR count). The van der Waals surface area contributed by atoms with E-state index in [1.165, 1.54) is 0 Å². The van der Waals surface area contributed by atoms with Crippen molar-refractivity contribution in [2.24, 2.45) is 5.41 Å². The van der Waals surface area contributed by atoms with Gasteiger partial charge in [0.2, 0.25) is 0 Å². The van der Waals surface area contributed by atoms with E-state index in [0.29, 0.717) is 19.0 Å². The maximum Gasteiger partial charge on any atom is 0.315 e. The van der Waals surface area contributed by atoms with E-state index in [0.717, 1.165) is 16.7 Å². The Labute approximate surface area is 118 Å². The first-order valence-corrected chi connectivity index (χ1v) is 6.71. The molecular formula is C15H21N3O2. The number of rotatable bonds is 3. The normalized spacial score (nSPS) is 11.6. The molecule has 0 saturated heterocycles. The van der Waals surface area contributed by atoms with E-state index in [4.69, 9.17) is 4.42 Å². The van der Waals surface area contributed by atoms with Crippen LogP contribution in [-0.4, -0.2) is 17.6 Å². The number of carbonyl (C=O) groups excluding carboxylic acids is 1. The van der Waals surface area contributed by atoms with Crippen molar-refractivity contribution in [2.45, 2.75) is 34.2 Å². The second-order valence-electron chi connectivity index (χ2n) is 6.13. The largest absolute Gasteiger partial charge is 0.441 e. The number of nitrogens with zero attached hydrogens (tertiary/aromatic N) is 1. The minimum Gasteiger partial charge on any atom is -0.441 e. The zero-order valence-electron chi connectivity index (χ0n) is 12.4. The third-order valence-electron chi connectivity index (χ3n) is 2.79. The van der Waals surface area contributed by atoms with E-state index >= 15 is 0 Å². The number of hydrogen-bond acceptors (Lipinski definition) is 3. The van der Waals surface area contributed by atoms with Crippen LogP contribution in [0.15, 0.2) is 22.6 Å². The van der Waals surface area contributed by atoms with Crippen molar-refractivity contribution in [3.8, 4) is 0 Å². The summed E-state index contributed by atoms with van der Waals surface area (Å²) in [7, 11) is 0. The number of aryl methyl sites for hydroxylation is 1. The SMILES string of the molecule is Cc1nc2ccc(CNC(=O)NCC(C)(C)C)cc2o1. The van der Waals surface area contributed by atoms with Crippen LogP contribution in [-0.2, 0) is 6.54 Å². The van der Waals surface area contributed by atoms with Gasteiger partial charge in [-0.25, -0.2) is 9.78 Å². The molecule has 0 saturated carbocycles. The molecule has 0 fully saturated rings. The molecule has 20 heavy (non-hydrogen) atoms. The molecule has 0 spiro atoms. The fourth-order valence-electron chi connectivity index (χ4n) is 1.78. The van der Waals surface area contributed by atoms with Crippen LogP contribution < -0.4 is 10.6 Å². The minimum absolute atomic E-state index is 0.0770. The van der Waals surface area contributed by atoms with Crippen molar-refractivity contribution in [3.63, 3.8) is 0 Å². The van der Waals surface area contributed by atoms with Gasteiger partial charge in [0, 0.05) is 20.0 Å². The molecule has 0 unspecified atom stereocenters. The molecule has 0 bridgehead atoms. The van der Waals surface area contributed by atoms with Crippen molar-refractivity contribution in [1.29, 1.82) is 0 Å². The molecule has 5 heteroatoms. The highest BCUT2D eigenvalue weighted by atomic mass is 16.3. The summed E-state index contributed by atoms with van der Waals surface area (Å²) in [5.41, 5.74) is 2.65. The van der Waals surface area contributed by atoms with Crippen LogP contribution >= 0.6 is 0 Å². The third kappa shape index (κ3) is 3.98. The van der Waals surface area contributed by atoms with E-state index in [-0.39, 0.29) is 11.4 Å². The molecule has 1 aromatic carbocycles. The van der Waals surface area contributed by atoms with E-state index in [1.807, 2.05) is 25.1 Å². The van der Waals surface area contributed by atoms with Gasteiger partial charge in [0.1, 0.15) is 5.52 Å². The predicted octanol–water partition coefficient (Wildman–Crippen LogP) is 2.98. The Morgan fingerprint density at radius 3 is 2.75 bits per heavy atom. The Morgan fingerprint density at radius 2 is 2.05 bits per heavy atom. The topological polar surface area (TPSA) is 67.2 Å². The first-order chi connectivity index (χ1) is 9.33. The molecule has 0 atom stereocenters. The Balaban J connectivity index is 1.90. The van der Waals surface area contributed by atoms with E-state index in [2.05, 4.69) is 36.4 Å². The highest BCUT2D eigenvalue weighted by Crippen LogP contribution is 2.16. The molecule has 5 nitrogen and oxygen atoms in total. The lowest BCUT2D eigenvalue weighted by Crippen LogP contribution is -2.39. The summed E-state index contributed by atoms with van der Waals surface area (Å²) in [5.74, 6) is 0.646. The molecule has 2 amide bonds. The molecule has 0 radical (unpaired) electrons. The van der Waals surface area contributed by atoms with Crippen LogP contribution in [0.4, 0.5) is 4.79 Å². The van der Waals surface area contributed by atoms with Gasteiger partial charge in [-0.15, -0.1) is 0 Å². The molecule has 2 aromatic rings. The molecule has 2 N–H and O–H groups in total. The second-order valence-corrected chi connectivity index (χ2v) is 6.13. The van der Waals surface area contributed by atoms with E-state index in [1.54, 1.807) is 0 Å². The number of fused-ring (bicyclic) bond motifs is 1. The molecule has 1 aromatic heterocycles. The summed E-state index contributed by atoms with van der Waals surface area (Å²) in [6.07, 6.45) is 0. The maximum absolute atomic E-state index is 11.7. The first kappa shape index (κ1) is 14.4. The molecular weight excluding hydrogens is 254 g/mol. The van der Waals surface area contributed by atoms with Crippen LogP contribution in [0.3, 0.4) is 0 Å². The van der Waals surface area contributed by atoms with Gasteiger partial charge < -0.3 is 15.1 Å². The fourth-order valence-corrected chi connectivity index (χ4v) is 1.78. The van der Waals surface area contributed by atoms with Crippen LogP contribution in [0, 0.1) is 12.3 Å². The maximum atomic E-state index is 11.7. The Bertz CT molecular complexity index is 611. The number of nitrogens with one attached hydrogen (secondary N) is 2. The zero-order valence-corrected chi connectivity index (χ0v) is 12.4. The average molecular weight is 275 g/mol. The van der Waals surface area contributed by atoms with Crippen LogP contribution in [0.5, 0.6) is 0 Å². The van der Waals surface area contributed by atoms with Gasteiger partial charge in [-0.1, -0.05) is 26.8 Å². The molecule has 0 aliphatic heterocycles. The quantitative estimate of drug-likeness (QED) is 0.905. The van der Waals surface area contributed by atoms with Crippen molar-refractivity contribution < 1.29 is 9.21 Å². The number of carbonyl (C=O) groups is 1. The van der Waals surface area contributed by atoms with Crippen molar-refractivity contribution in [3.05, 3.63) is 29.7 Å². The second kappa shape index (κ2) is 5.53. The predicted molar refractivity (Wildman–Crippen MR) is 78.4 cm³/mol. The van der Waals surface area contributed by atoms with Gasteiger partial charge in [0.15, 0.2) is 11.5 Å². The Hall–Kier alpha value is -2.04. The van der Waals surface area contributed by atoms with Gasteiger partial charge in [0.05, 0.1) is 0 Å². The van der Waals surface area contributed by atoms with Gasteiger partial charge in [0.25, 0.3) is 0 Å². The molecule has 1 heterocycles.